The molecule has 0 aromatic heterocycles. The molecule has 5 heteroatoms. The van der Waals surface area contributed by atoms with Crippen molar-refractivity contribution in [2.75, 3.05) is 17.2 Å². The number of nitrogens with one attached hydrogen (secondary N) is 2. The highest BCUT2D eigenvalue weighted by Gasteiger charge is 2.08. The molecule has 0 unspecified atom stereocenters. The summed E-state index contributed by atoms with van der Waals surface area (Å²) in [5.74, 6) is -0.410. The monoisotopic (exact) mass is 312 g/mol. The number of hydrogen-bond donors (Lipinski definition) is 2. The van der Waals surface area contributed by atoms with E-state index in [0.717, 1.165) is 6.42 Å². The smallest absolute Gasteiger partial charge is 0.338 e. The lowest BCUT2D eigenvalue weighted by molar-refractivity contribution is 0.0526. The Morgan fingerprint density at radius 3 is 2.30 bits per heavy atom. The van der Waals surface area contributed by atoms with Crippen LogP contribution in [0.3, 0.4) is 0 Å². The molecule has 120 valence electrons. The lowest BCUT2D eigenvalue weighted by Gasteiger charge is -2.09. The molecule has 0 saturated heterocycles. The number of rotatable bonds is 5. The average Bonchev–Trinajstić information content (AvgIpc) is 2.56. The Balaban J connectivity index is 1.99. The number of amides is 2. The standard InChI is InChI=1S/C18H20N2O3/c1-3-13-8-10-15(11-9-13)19-18(22)20-16-7-5-6-14(12-16)17(21)23-4-2/h5-12H,3-4H2,1-2H3,(H2,19,20,22). The van der Waals surface area contributed by atoms with Crippen molar-refractivity contribution >= 4 is 23.4 Å². The first-order valence-corrected chi connectivity index (χ1v) is 7.56. The van der Waals surface area contributed by atoms with Gasteiger partial charge < -0.3 is 15.4 Å². The van der Waals surface area contributed by atoms with Crippen molar-refractivity contribution in [3.05, 3.63) is 59.7 Å². The van der Waals surface area contributed by atoms with Gasteiger partial charge in [-0.25, -0.2) is 9.59 Å². The predicted octanol–water partition coefficient (Wildman–Crippen LogP) is 4.07. The summed E-state index contributed by atoms with van der Waals surface area (Å²) in [7, 11) is 0. The fourth-order valence-corrected chi connectivity index (χ4v) is 2.06. The maximum absolute atomic E-state index is 12.0. The molecule has 2 amide bonds. The molecule has 0 atom stereocenters. The van der Waals surface area contributed by atoms with E-state index >= 15 is 0 Å². The normalized spacial score (nSPS) is 10.0. The van der Waals surface area contributed by atoms with Crippen LogP contribution < -0.4 is 10.6 Å². The molecule has 0 aliphatic carbocycles. The fraction of sp³-hybridized carbons (Fsp3) is 0.222. The number of carbonyl (C=O) groups excluding carboxylic acids is 2. The zero-order chi connectivity index (χ0) is 16.7. The van der Waals surface area contributed by atoms with Gasteiger partial charge in [0.1, 0.15) is 0 Å². The van der Waals surface area contributed by atoms with Crippen molar-refractivity contribution in [2.24, 2.45) is 0 Å². The van der Waals surface area contributed by atoms with E-state index in [4.69, 9.17) is 4.74 Å². The van der Waals surface area contributed by atoms with Gasteiger partial charge in [-0.1, -0.05) is 25.1 Å². The summed E-state index contributed by atoms with van der Waals surface area (Å²) >= 11 is 0. The van der Waals surface area contributed by atoms with Crippen LogP contribution in [0.15, 0.2) is 48.5 Å². The summed E-state index contributed by atoms with van der Waals surface area (Å²) in [6, 6.07) is 13.9. The Labute approximate surface area is 135 Å². The lowest BCUT2D eigenvalue weighted by Crippen LogP contribution is -2.19. The minimum Gasteiger partial charge on any atom is -0.462 e. The van der Waals surface area contributed by atoms with Gasteiger partial charge in [0.2, 0.25) is 0 Å². The molecule has 2 N–H and O–H groups in total. The van der Waals surface area contributed by atoms with Gasteiger partial charge in [-0.2, -0.15) is 0 Å². The highest BCUT2D eigenvalue weighted by molar-refractivity contribution is 6.00. The Morgan fingerprint density at radius 2 is 1.65 bits per heavy atom. The van der Waals surface area contributed by atoms with Crippen LogP contribution in [0.2, 0.25) is 0 Å². The number of benzene rings is 2. The van der Waals surface area contributed by atoms with E-state index in [1.165, 1.54) is 5.56 Å². The van der Waals surface area contributed by atoms with Crippen molar-refractivity contribution in [2.45, 2.75) is 20.3 Å². The average molecular weight is 312 g/mol. The lowest BCUT2D eigenvalue weighted by atomic mass is 10.1. The third kappa shape index (κ3) is 4.85. The Bertz CT molecular complexity index is 681. The van der Waals surface area contributed by atoms with E-state index in [9.17, 15) is 9.59 Å². The van der Waals surface area contributed by atoms with Crippen LogP contribution in [0.25, 0.3) is 0 Å². The molecule has 0 saturated carbocycles. The molecule has 0 aliphatic rings. The maximum Gasteiger partial charge on any atom is 0.338 e. The summed E-state index contributed by atoms with van der Waals surface area (Å²) in [6.07, 6.45) is 0.952. The Kier molecular flexibility index (Phi) is 5.74. The number of anilines is 2. The largest absolute Gasteiger partial charge is 0.462 e. The van der Waals surface area contributed by atoms with E-state index in [1.54, 1.807) is 31.2 Å². The fourth-order valence-electron chi connectivity index (χ4n) is 2.06. The molecule has 23 heavy (non-hydrogen) atoms. The topological polar surface area (TPSA) is 67.4 Å². The van der Waals surface area contributed by atoms with Crippen LogP contribution >= 0.6 is 0 Å². The second kappa shape index (κ2) is 7.98. The summed E-state index contributed by atoms with van der Waals surface area (Å²) in [5.41, 5.74) is 2.84. The second-order valence-corrected chi connectivity index (χ2v) is 4.93. The van der Waals surface area contributed by atoms with Crippen LogP contribution in [0.1, 0.15) is 29.8 Å². The van der Waals surface area contributed by atoms with Gasteiger partial charge in [-0.15, -0.1) is 0 Å². The Morgan fingerprint density at radius 1 is 0.957 bits per heavy atom. The summed E-state index contributed by atoms with van der Waals surface area (Å²) in [6.45, 7) is 4.13. The molecule has 5 nitrogen and oxygen atoms in total. The first kappa shape index (κ1) is 16.5. The number of ether oxygens (including phenoxy) is 1. The minimum atomic E-state index is -0.410. The molecule has 2 rings (SSSR count). The zero-order valence-corrected chi connectivity index (χ0v) is 13.3. The predicted molar refractivity (Wildman–Crippen MR) is 90.9 cm³/mol. The van der Waals surface area contributed by atoms with Gasteiger partial charge in [-0.05, 0) is 49.2 Å². The molecule has 0 spiro atoms. The third-order valence-electron chi connectivity index (χ3n) is 3.25. The molecular weight excluding hydrogens is 292 g/mol. The number of esters is 1. The van der Waals surface area contributed by atoms with E-state index in [0.29, 0.717) is 23.5 Å². The van der Waals surface area contributed by atoms with Crippen LogP contribution in [0, 0.1) is 0 Å². The van der Waals surface area contributed by atoms with Gasteiger partial charge in [0.05, 0.1) is 12.2 Å². The quantitative estimate of drug-likeness (QED) is 0.818. The summed E-state index contributed by atoms with van der Waals surface area (Å²) in [5, 5.41) is 5.45. The van der Waals surface area contributed by atoms with Gasteiger partial charge >= 0.3 is 12.0 Å². The third-order valence-corrected chi connectivity index (χ3v) is 3.25. The highest BCUT2D eigenvalue weighted by atomic mass is 16.5. The number of aryl methyl sites for hydroxylation is 1. The molecule has 0 heterocycles. The van der Waals surface area contributed by atoms with Crippen molar-refractivity contribution in [1.29, 1.82) is 0 Å². The zero-order valence-electron chi connectivity index (χ0n) is 13.3. The number of hydrogen-bond acceptors (Lipinski definition) is 3. The van der Waals surface area contributed by atoms with Crippen molar-refractivity contribution in [1.82, 2.24) is 0 Å². The number of carbonyl (C=O) groups is 2. The molecule has 2 aromatic rings. The van der Waals surface area contributed by atoms with Gasteiger partial charge in [0.15, 0.2) is 0 Å². The molecule has 2 aromatic carbocycles. The SMILES string of the molecule is CCOC(=O)c1cccc(NC(=O)Nc2ccc(CC)cc2)c1. The Hall–Kier alpha value is -2.82. The van der Waals surface area contributed by atoms with E-state index in [-0.39, 0.29) is 6.03 Å². The number of urea groups is 1. The minimum absolute atomic E-state index is 0.310. The molecular formula is C18H20N2O3. The van der Waals surface area contributed by atoms with Crippen molar-refractivity contribution < 1.29 is 14.3 Å². The van der Waals surface area contributed by atoms with E-state index in [1.807, 2.05) is 24.3 Å². The highest BCUT2D eigenvalue weighted by Crippen LogP contribution is 2.14. The van der Waals surface area contributed by atoms with Gasteiger partial charge in [0, 0.05) is 11.4 Å². The van der Waals surface area contributed by atoms with Crippen LogP contribution in [0.5, 0.6) is 0 Å². The van der Waals surface area contributed by atoms with E-state index in [2.05, 4.69) is 17.6 Å². The molecule has 0 bridgehead atoms. The molecule has 0 fully saturated rings. The first-order valence-electron chi connectivity index (χ1n) is 7.56. The van der Waals surface area contributed by atoms with E-state index < -0.39 is 5.97 Å². The van der Waals surface area contributed by atoms with Crippen LogP contribution in [-0.4, -0.2) is 18.6 Å². The second-order valence-electron chi connectivity index (χ2n) is 4.93. The molecule has 0 radical (unpaired) electrons. The summed E-state index contributed by atoms with van der Waals surface area (Å²) in [4.78, 5) is 23.7. The molecule has 0 aliphatic heterocycles. The van der Waals surface area contributed by atoms with Crippen molar-refractivity contribution in [3.8, 4) is 0 Å². The van der Waals surface area contributed by atoms with Crippen LogP contribution in [0.4, 0.5) is 16.2 Å². The first-order chi connectivity index (χ1) is 11.1. The van der Waals surface area contributed by atoms with Gasteiger partial charge in [0.25, 0.3) is 0 Å². The van der Waals surface area contributed by atoms with Gasteiger partial charge in [-0.3, -0.25) is 0 Å². The maximum atomic E-state index is 12.0. The van der Waals surface area contributed by atoms with Crippen molar-refractivity contribution in [3.63, 3.8) is 0 Å². The van der Waals surface area contributed by atoms with Crippen LogP contribution in [-0.2, 0) is 11.2 Å². The summed E-state index contributed by atoms with van der Waals surface area (Å²) < 4.78 is 4.94.